The molecule has 3 aromatic rings. The second kappa shape index (κ2) is 9.69. The molecule has 8 nitrogen and oxygen atoms in total. The Hall–Kier alpha value is -4.02. The predicted molar refractivity (Wildman–Crippen MR) is 126 cm³/mol. The Morgan fingerprint density at radius 3 is 2.49 bits per heavy atom. The number of carbonyl (C=O) groups excluding carboxylic acids is 1. The molecule has 0 saturated carbocycles. The maximum Gasteiger partial charge on any atom is 0.418 e. The predicted octanol–water partition coefficient (Wildman–Crippen LogP) is 4.97. The summed E-state index contributed by atoms with van der Waals surface area (Å²) in [6.07, 6.45) is 8.52. The second-order valence-corrected chi connectivity index (χ2v) is 8.34. The number of amides is 1. The SMILES string of the molecule is Cc1nn(C)cc1Nc1ncc(C2=CCC(CC(=O)Nc3cnc(C)c(C(F)(F)F)c3)C=C2)cn1. The number of anilines is 3. The highest BCUT2D eigenvalue weighted by atomic mass is 19.4. The molecule has 1 unspecified atom stereocenters. The van der Waals surface area contributed by atoms with Gasteiger partial charge >= 0.3 is 6.18 Å². The zero-order valence-electron chi connectivity index (χ0n) is 19.4. The van der Waals surface area contributed by atoms with Crippen LogP contribution in [0.3, 0.4) is 0 Å². The molecule has 0 spiro atoms. The average Bonchev–Trinajstić information content (AvgIpc) is 3.12. The molecule has 3 heterocycles. The molecule has 1 amide bonds. The van der Waals surface area contributed by atoms with Crippen LogP contribution in [-0.4, -0.2) is 30.6 Å². The molecule has 0 aromatic carbocycles. The molecule has 0 radical (unpaired) electrons. The van der Waals surface area contributed by atoms with Crippen molar-refractivity contribution < 1.29 is 18.0 Å². The molecule has 1 aliphatic rings. The number of nitrogens with one attached hydrogen (secondary N) is 2. The number of alkyl halides is 3. The van der Waals surface area contributed by atoms with E-state index in [0.717, 1.165) is 28.6 Å². The summed E-state index contributed by atoms with van der Waals surface area (Å²) in [6, 6.07) is 0.906. The van der Waals surface area contributed by atoms with Crippen LogP contribution in [0.4, 0.5) is 30.5 Å². The highest BCUT2D eigenvalue weighted by Gasteiger charge is 2.33. The standard InChI is InChI=1S/C24H24F3N7O/c1-14-20(24(25,26)27)9-19(12-28-14)31-22(35)8-16-4-6-17(7-5-16)18-10-29-23(30-11-18)32-21-13-34(3)33-15(21)2/h4,6-7,9-13,16H,5,8H2,1-3H3,(H,31,35)(H,29,30,32). The lowest BCUT2D eigenvalue weighted by atomic mass is 9.91. The van der Waals surface area contributed by atoms with Gasteiger partial charge in [-0.2, -0.15) is 18.3 Å². The quantitative estimate of drug-likeness (QED) is 0.514. The summed E-state index contributed by atoms with van der Waals surface area (Å²) < 4.78 is 40.9. The van der Waals surface area contributed by atoms with Crippen LogP contribution in [0, 0.1) is 19.8 Å². The fourth-order valence-electron chi connectivity index (χ4n) is 3.75. The van der Waals surface area contributed by atoms with Gasteiger partial charge in [0.25, 0.3) is 0 Å². The number of halogens is 3. The van der Waals surface area contributed by atoms with Crippen LogP contribution in [0.1, 0.15) is 35.4 Å². The number of hydrogen-bond donors (Lipinski definition) is 2. The van der Waals surface area contributed by atoms with E-state index in [-0.39, 0.29) is 29.6 Å². The van der Waals surface area contributed by atoms with Gasteiger partial charge in [0.2, 0.25) is 11.9 Å². The molecule has 182 valence electrons. The van der Waals surface area contributed by atoms with E-state index in [4.69, 9.17) is 0 Å². The molecule has 3 aromatic heterocycles. The van der Waals surface area contributed by atoms with Crippen molar-refractivity contribution in [3.63, 3.8) is 0 Å². The smallest absolute Gasteiger partial charge is 0.325 e. The number of aryl methyl sites for hydroxylation is 3. The fraction of sp³-hybridized carbons (Fsp3) is 0.292. The van der Waals surface area contributed by atoms with E-state index >= 15 is 0 Å². The van der Waals surface area contributed by atoms with Gasteiger partial charge in [-0.1, -0.05) is 18.2 Å². The third-order valence-electron chi connectivity index (χ3n) is 5.56. The van der Waals surface area contributed by atoms with Crippen LogP contribution < -0.4 is 10.6 Å². The van der Waals surface area contributed by atoms with E-state index < -0.39 is 11.7 Å². The van der Waals surface area contributed by atoms with Gasteiger partial charge in [0.1, 0.15) is 0 Å². The zero-order chi connectivity index (χ0) is 25.2. The summed E-state index contributed by atoms with van der Waals surface area (Å²) in [6.45, 7) is 3.17. The first kappa shape index (κ1) is 24.1. The minimum atomic E-state index is -4.53. The Morgan fingerprint density at radius 1 is 1.14 bits per heavy atom. The van der Waals surface area contributed by atoms with Crippen LogP contribution in [-0.2, 0) is 18.0 Å². The van der Waals surface area contributed by atoms with Crippen molar-refractivity contribution in [2.45, 2.75) is 32.9 Å². The van der Waals surface area contributed by atoms with E-state index in [1.54, 1.807) is 17.1 Å². The van der Waals surface area contributed by atoms with Gasteiger partial charge in [-0.05, 0) is 37.8 Å². The molecule has 0 saturated heterocycles. The van der Waals surface area contributed by atoms with Gasteiger partial charge in [-0.15, -0.1) is 0 Å². The Bertz CT molecular complexity index is 1290. The van der Waals surface area contributed by atoms with Crippen molar-refractivity contribution in [1.82, 2.24) is 24.7 Å². The van der Waals surface area contributed by atoms with E-state index in [9.17, 15) is 18.0 Å². The number of hydrogen-bond acceptors (Lipinski definition) is 6. The molecule has 4 rings (SSSR count). The maximum absolute atomic E-state index is 13.1. The van der Waals surface area contributed by atoms with Gasteiger partial charge in [0.15, 0.2) is 0 Å². The lowest BCUT2D eigenvalue weighted by molar-refractivity contribution is -0.138. The molecule has 0 bridgehead atoms. The highest BCUT2D eigenvalue weighted by molar-refractivity contribution is 5.91. The van der Waals surface area contributed by atoms with Crippen molar-refractivity contribution in [2.75, 3.05) is 10.6 Å². The minimum absolute atomic E-state index is 0.0243. The topological polar surface area (TPSA) is 97.6 Å². The zero-order valence-corrected chi connectivity index (χ0v) is 19.4. The summed E-state index contributed by atoms with van der Waals surface area (Å²) in [5.74, 6) is 0.00783. The van der Waals surface area contributed by atoms with Crippen molar-refractivity contribution in [3.05, 3.63) is 71.6 Å². The van der Waals surface area contributed by atoms with Crippen LogP contribution in [0.15, 0.2) is 49.1 Å². The summed E-state index contributed by atoms with van der Waals surface area (Å²) >= 11 is 0. The molecular weight excluding hydrogens is 459 g/mol. The first-order chi connectivity index (χ1) is 16.6. The van der Waals surface area contributed by atoms with Crippen LogP contribution >= 0.6 is 0 Å². The van der Waals surface area contributed by atoms with Crippen LogP contribution in [0.2, 0.25) is 0 Å². The Labute approximate surface area is 200 Å². The van der Waals surface area contributed by atoms with Gasteiger partial charge in [-0.25, -0.2) is 9.97 Å². The molecule has 0 aliphatic heterocycles. The Morgan fingerprint density at radius 2 is 1.89 bits per heavy atom. The molecule has 11 heteroatoms. The molecular formula is C24H24F3N7O. The number of rotatable bonds is 6. The lowest BCUT2D eigenvalue weighted by Crippen LogP contribution is -2.17. The molecule has 35 heavy (non-hydrogen) atoms. The van der Waals surface area contributed by atoms with Gasteiger partial charge in [0.05, 0.1) is 28.8 Å². The van der Waals surface area contributed by atoms with E-state index in [1.807, 2.05) is 38.4 Å². The largest absolute Gasteiger partial charge is 0.418 e. The van der Waals surface area contributed by atoms with Crippen molar-refractivity contribution >= 4 is 28.8 Å². The van der Waals surface area contributed by atoms with Crippen LogP contribution in [0.5, 0.6) is 0 Å². The number of pyridine rings is 1. The number of carbonyl (C=O) groups is 1. The minimum Gasteiger partial charge on any atom is -0.325 e. The van der Waals surface area contributed by atoms with Crippen molar-refractivity contribution in [1.29, 1.82) is 0 Å². The monoisotopic (exact) mass is 483 g/mol. The first-order valence-corrected chi connectivity index (χ1v) is 10.9. The first-order valence-electron chi connectivity index (χ1n) is 10.9. The van der Waals surface area contributed by atoms with Gasteiger partial charge in [0, 0.05) is 43.3 Å². The normalized spacial score (nSPS) is 15.6. The highest BCUT2D eigenvalue weighted by Crippen LogP contribution is 2.32. The maximum atomic E-state index is 13.1. The van der Waals surface area contributed by atoms with Crippen molar-refractivity contribution in [3.8, 4) is 0 Å². The van der Waals surface area contributed by atoms with Crippen LogP contribution in [0.25, 0.3) is 5.57 Å². The van der Waals surface area contributed by atoms with E-state index in [1.165, 1.54) is 13.1 Å². The summed E-state index contributed by atoms with van der Waals surface area (Å²) in [5.41, 5.74) is 2.47. The fourth-order valence-corrected chi connectivity index (χ4v) is 3.75. The number of nitrogens with zero attached hydrogens (tertiary/aromatic N) is 5. The average molecular weight is 483 g/mol. The van der Waals surface area contributed by atoms with E-state index in [2.05, 4.69) is 30.7 Å². The third-order valence-corrected chi connectivity index (χ3v) is 5.56. The third kappa shape index (κ3) is 5.92. The van der Waals surface area contributed by atoms with Gasteiger partial charge in [-0.3, -0.25) is 14.5 Å². The summed E-state index contributed by atoms with van der Waals surface area (Å²) in [7, 11) is 1.84. The molecule has 0 fully saturated rings. The number of aromatic nitrogens is 5. The molecule has 1 atom stereocenters. The second-order valence-electron chi connectivity index (χ2n) is 8.34. The van der Waals surface area contributed by atoms with E-state index in [0.29, 0.717) is 12.4 Å². The van der Waals surface area contributed by atoms with Gasteiger partial charge < -0.3 is 10.6 Å². The summed E-state index contributed by atoms with van der Waals surface area (Å²) in [4.78, 5) is 24.8. The van der Waals surface area contributed by atoms with Crippen molar-refractivity contribution in [2.24, 2.45) is 13.0 Å². The lowest BCUT2D eigenvalue weighted by Gasteiger charge is -2.17. The summed E-state index contributed by atoms with van der Waals surface area (Å²) in [5, 5.41) is 9.92. The molecule has 1 aliphatic carbocycles. The molecule has 2 N–H and O–H groups in total. The number of allylic oxidation sites excluding steroid dienone is 4. The Balaban J connectivity index is 1.32. The Kier molecular flexibility index (Phi) is 6.68.